The minimum Gasteiger partial charge on any atom is -0.494 e. The van der Waals surface area contributed by atoms with Crippen molar-refractivity contribution in [2.24, 2.45) is 0 Å². The highest BCUT2D eigenvalue weighted by molar-refractivity contribution is 7.92. The Labute approximate surface area is 183 Å². The molecule has 0 spiro atoms. The van der Waals surface area contributed by atoms with Crippen molar-refractivity contribution in [2.45, 2.75) is 32.9 Å². The van der Waals surface area contributed by atoms with Gasteiger partial charge in [0.25, 0.3) is 0 Å². The summed E-state index contributed by atoms with van der Waals surface area (Å²) in [6.07, 6.45) is 1.08. The van der Waals surface area contributed by atoms with Gasteiger partial charge >= 0.3 is 0 Å². The monoisotopic (exact) mass is 448 g/mol. The maximum Gasteiger partial charge on any atom is 0.244 e. The van der Waals surface area contributed by atoms with E-state index in [1.165, 1.54) is 0 Å². The number of carbonyl (C=O) groups excluding carboxylic acids is 1. The SMILES string of the molecule is CCOc1ccc(N([C@@H](C)C(=O)N[C@@H](C)c2ccc3c(c2)OCCO3)S(C)(=O)=O)cc1. The molecule has 2 aromatic rings. The second-order valence-corrected chi connectivity index (χ2v) is 9.15. The van der Waals surface area contributed by atoms with Crippen LogP contribution in [0.3, 0.4) is 0 Å². The fourth-order valence-electron chi connectivity index (χ4n) is 3.41. The van der Waals surface area contributed by atoms with Crippen LogP contribution in [0.4, 0.5) is 5.69 Å². The number of sulfonamides is 1. The molecule has 1 heterocycles. The normalized spacial score (nSPS) is 15.0. The van der Waals surface area contributed by atoms with Crippen LogP contribution < -0.4 is 23.8 Å². The molecule has 0 fully saturated rings. The first-order valence-electron chi connectivity index (χ1n) is 10.1. The summed E-state index contributed by atoms with van der Waals surface area (Å²) in [5.41, 5.74) is 1.22. The highest BCUT2D eigenvalue weighted by atomic mass is 32.2. The highest BCUT2D eigenvalue weighted by Gasteiger charge is 2.30. The molecule has 31 heavy (non-hydrogen) atoms. The first kappa shape index (κ1) is 22.7. The molecule has 0 radical (unpaired) electrons. The number of rotatable bonds is 8. The van der Waals surface area contributed by atoms with E-state index in [0.717, 1.165) is 16.1 Å². The Morgan fingerprint density at radius 1 is 1.10 bits per heavy atom. The number of benzene rings is 2. The van der Waals surface area contributed by atoms with Crippen LogP contribution in [0.1, 0.15) is 32.4 Å². The van der Waals surface area contributed by atoms with Crippen molar-refractivity contribution < 1.29 is 27.4 Å². The fourth-order valence-corrected chi connectivity index (χ4v) is 4.59. The van der Waals surface area contributed by atoms with Gasteiger partial charge in [-0.15, -0.1) is 0 Å². The number of nitrogens with one attached hydrogen (secondary N) is 1. The lowest BCUT2D eigenvalue weighted by atomic mass is 10.1. The number of hydrogen-bond donors (Lipinski definition) is 1. The summed E-state index contributed by atoms with van der Waals surface area (Å²) in [6.45, 7) is 6.74. The largest absolute Gasteiger partial charge is 0.494 e. The van der Waals surface area contributed by atoms with E-state index in [1.807, 2.05) is 26.0 Å². The summed E-state index contributed by atoms with van der Waals surface area (Å²) in [5.74, 6) is 1.51. The van der Waals surface area contributed by atoms with Gasteiger partial charge in [0.15, 0.2) is 11.5 Å². The van der Waals surface area contributed by atoms with Crippen LogP contribution in [0.5, 0.6) is 17.2 Å². The summed E-state index contributed by atoms with van der Waals surface area (Å²) in [5, 5.41) is 2.89. The lowest BCUT2D eigenvalue weighted by molar-refractivity contribution is -0.122. The fraction of sp³-hybridized carbons (Fsp3) is 0.409. The van der Waals surface area contributed by atoms with Crippen molar-refractivity contribution in [2.75, 3.05) is 30.4 Å². The molecule has 3 rings (SSSR count). The first-order chi connectivity index (χ1) is 14.7. The van der Waals surface area contributed by atoms with Gasteiger partial charge in [-0.2, -0.15) is 0 Å². The minimum absolute atomic E-state index is 0.354. The Morgan fingerprint density at radius 3 is 2.35 bits per heavy atom. The Morgan fingerprint density at radius 2 is 1.74 bits per heavy atom. The van der Waals surface area contributed by atoms with Gasteiger partial charge < -0.3 is 19.5 Å². The van der Waals surface area contributed by atoms with Crippen molar-refractivity contribution in [1.82, 2.24) is 5.32 Å². The highest BCUT2D eigenvalue weighted by Crippen LogP contribution is 2.32. The van der Waals surface area contributed by atoms with E-state index in [0.29, 0.717) is 42.8 Å². The molecule has 0 saturated heterocycles. The summed E-state index contributed by atoms with van der Waals surface area (Å²) >= 11 is 0. The van der Waals surface area contributed by atoms with Gasteiger partial charge in [0.2, 0.25) is 15.9 Å². The van der Waals surface area contributed by atoms with E-state index < -0.39 is 22.0 Å². The summed E-state index contributed by atoms with van der Waals surface area (Å²) in [4.78, 5) is 12.9. The number of anilines is 1. The minimum atomic E-state index is -3.70. The average molecular weight is 449 g/mol. The van der Waals surface area contributed by atoms with Gasteiger partial charge in [-0.25, -0.2) is 8.42 Å². The van der Waals surface area contributed by atoms with Crippen molar-refractivity contribution >= 4 is 21.6 Å². The molecule has 2 aromatic carbocycles. The third-order valence-corrected chi connectivity index (χ3v) is 6.16. The zero-order valence-electron chi connectivity index (χ0n) is 18.1. The van der Waals surface area contributed by atoms with Gasteiger partial charge in [-0.05, 0) is 62.7 Å². The maximum absolute atomic E-state index is 12.9. The Hall–Kier alpha value is -2.94. The molecule has 0 aromatic heterocycles. The maximum atomic E-state index is 12.9. The molecule has 0 saturated carbocycles. The van der Waals surface area contributed by atoms with Crippen LogP contribution >= 0.6 is 0 Å². The molecule has 0 bridgehead atoms. The second-order valence-electron chi connectivity index (χ2n) is 7.30. The molecule has 168 valence electrons. The molecule has 0 aliphatic carbocycles. The van der Waals surface area contributed by atoms with Gasteiger partial charge in [-0.3, -0.25) is 9.10 Å². The number of hydrogen-bond acceptors (Lipinski definition) is 6. The zero-order chi connectivity index (χ0) is 22.6. The molecule has 2 atom stereocenters. The predicted molar refractivity (Wildman–Crippen MR) is 118 cm³/mol. The standard InChI is InChI=1S/C22H28N2O6S/c1-5-28-19-9-7-18(8-10-19)24(31(4,26)27)16(3)22(25)23-15(2)17-6-11-20-21(14-17)30-13-12-29-20/h6-11,14-16H,5,12-13H2,1-4H3,(H,23,25)/t15-,16-/m0/s1. The van der Waals surface area contributed by atoms with Crippen molar-refractivity contribution in [3.63, 3.8) is 0 Å². The Kier molecular flexibility index (Phi) is 6.94. The molecule has 1 amide bonds. The Balaban J connectivity index is 1.76. The zero-order valence-corrected chi connectivity index (χ0v) is 18.9. The summed E-state index contributed by atoms with van der Waals surface area (Å²) in [6, 6.07) is 10.8. The van der Waals surface area contributed by atoms with Crippen LogP contribution in [0.25, 0.3) is 0 Å². The number of carbonyl (C=O) groups is 1. The third-order valence-electron chi connectivity index (χ3n) is 4.92. The smallest absolute Gasteiger partial charge is 0.244 e. The first-order valence-corrected chi connectivity index (χ1v) is 12.0. The van der Waals surface area contributed by atoms with E-state index in [9.17, 15) is 13.2 Å². The number of ether oxygens (including phenoxy) is 3. The quantitative estimate of drug-likeness (QED) is 0.667. The molecule has 1 aliphatic heterocycles. The molecule has 8 nitrogen and oxygen atoms in total. The van der Waals surface area contributed by atoms with Gasteiger partial charge in [0.1, 0.15) is 25.0 Å². The molecule has 0 unspecified atom stereocenters. The van der Waals surface area contributed by atoms with Crippen molar-refractivity contribution in [1.29, 1.82) is 0 Å². The van der Waals surface area contributed by atoms with Gasteiger partial charge in [0.05, 0.1) is 24.6 Å². The van der Waals surface area contributed by atoms with Crippen LogP contribution in [0.2, 0.25) is 0 Å². The van der Waals surface area contributed by atoms with Crippen LogP contribution in [0, 0.1) is 0 Å². The van der Waals surface area contributed by atoms with E-state index in [2.05, 4.69) is 5.32 Å². The van der Waals surface area contributed by atoms with E-state index in [-0.39, 0.29) is 6.04 Å². The van der Waals surface area contributed by atoms with Crippen LogP contribution in [0.15, 0.2) is 42.5 Å². The van der Waals surface area contributed by atoms with Crippen molar-refractivity contribution in [3.05, 3.63) is 48.0 Å². The lowest BCUT2D eigenvalue weighted by Gasteiger charge is -2.29. The molecule has 1 N–H and O–H groups in total. The topological polar surface area (TPSA) is 94.2 Å². The molecular weight excluding hydrogens is 420 g/mol. The molecular formula is C22H28N2O6S. The summed E-state index contributed by atoms with van der Waals surface area (Å²) < 4.78 is 42.6. The second kappa shape index (κ2) is 9.47. The van der Waals surface area contributed by atoms with E-state index in [4.69, 9.17) is 14.2 Å². The van der Waals surface area contributed by atoms with Crippen molar-refractivity contribution in [3.8, 4) is 17.2 Å². The van der Waals surface area contributed by atoms with E-state index >= 15 is 0 Å². The molecule has 9 heteroatoms. The lowest BCUT2D eigenvalue weighted by Crippen LogP contribution is -2.48. The number of amides is 1. The number of nitrogens with zero attached hydrogens (tertiary/aromatic N) is 1. The number of fused-ring (bicyclic) bond motifs is 1. The molecule has 1 aliphatic rings. The average Bonchev–Trinajstić information content (AvgIpc) is 2.74. The van der Waals surface area contributed by atoms with E-state index in [1.54, 1.807) is 37.3 Å². The predicted octanol–water partition coefficient (Wildman–Crippen LogP) is 2.89. The van der Waals surface area contributed by atoms with Gasteiger partial charge in [0, 0.05) is 0 Å². The van der Waals surface area contributed by atoms with Crippen LogP contribution in [-0.2, 0) is 14.8 Å². The summed E-state index contributed by atoms with van der Waals surface area (Å²) in [7, 11) is -3.70. The van der Waals surface area contributed by atoms with Crippen LogP contribution in [-0.4, -0.2) is 46.4 Å². The third kappa shape index (κ3) is 5.41. The van der Waals surface area contributed by atoms with Gasteiger partial charge in [-0.1, -0.05) is 6.07 Å². The Bertz CT molecular complexity index is 1020.